The number of nitrogens with one attached hydrogen (secondary N) is 1. The van der Waals surface area contributed by atoms with Crippen molar-refractivity contribution in [2.75, 3.05) is 26.9 Å². The van der Waals surface area contributed by atoms with Gasteiger partial charge >= 0.3 is 12.1 Å². The summed E-state index contributed by atoms with van der Waals surface area (Å²) in [5.74, 6) is -0.267. The molecule has 106 valence electrons. The minimum atomic E-state index is -0.503. The van der Waals surface area contributed by atoms with Gasteiger partial charge in [-0.1, -0.05) is 0 Å². The molecule has 0 rings (SSSR count). The summed E-state index contributed by atoms with van der Waals surface area (Å²) in [5, 5.41) is 2.54. The van der Waals surface area contributed by atoms with Crippen molar-refractivity contribution in [3.63, 3.8) is 0 Å². The van der Waals surface area contributed by atoms with Crippen LogP contribution in [0.1, 0.15) is 33.6 Å². The van der Waals surface area contributed by atoms with Gasteiger partial charge in [0.1, 0.15) is 12.2 Å². The molecule has 0 bridgehead atoms. The van der Waals surface area contributed by atoms with Crippen LogP contribution in [-0.4, -0.2) is 44.5 Å². The summed E-state index contributed by atoms with van der Waals surface area (Å²) in [5.41, 5.74) is -0.469. The highest BCUT2D eigenvalue weighted by Crippen LogP contribution is 2.08. The molecule has 0 fully saturated rings. The van der Waals surface area contributed by atoms with E-state index >= 15 is 0 Å². The van der Waals surface area contributed by atoms with Crippen molar-refractivity contribution in [1.29, 1.82) is 0 Å². The maximum Gasteiger partial charge on any atom is 0.407 e. The third-order valence-corrected chi connectivity index (χ3v) is 1.77. The summed E-state index contributed by atoms with van der Waals surface area (Å²) in [6.07, 6.45) is 0.292. The summed E-state index contributed by atoms with van der Waals surface area (Å²) in [4.78, 5) is 22.4. The van der Waals surface area contributed by atoms with E-state index in [9.17, 15) is 9.59 Å². The lowest BCUT2D eigenvalue weighted by Crippen LogP contribution is -2.28. The second kappa shape index (κ2) is 8.74. The van der Waals surface area contributed by atoms with Crippen LogP contribution in [0.5, 0.6) is 0 Å². The molecule has 0 radical (unpaired) electrons. The van der Waals surface area contributed by atoms with Crippen molar-refractivity contribution < 1.29 is 23.8 Å². The standard InChI is InChI=1S/C12H23NO5/c1-12(2,3)18-10(14)6-5-7-13-11(15)17-9-8-16-4/h5-9H2,1-4H3,(H,13,15). The number of rotatable bonds is 7. The Morgan fingerprint density at radius 1 is 1.17 bits per heavy atom. The van der Waals surface area contributed by atoms with E-state index in [-0.39, 0.29) is 19.0 Å². The molecule has 1 amide bonds. The first-order chi connectivity index (χ1) is 8.35. The summed E-state index contributed by atoms with van der Waals surface area (Å²) in [6.45, 7) is 6.41. The van der Waals surface area contributed by atoms with Gasteiger partial charge in [-0.05, 0) is 27.2 Å². The number of hydrogen-bond donors (Lipinski definition) is 1. The van der Waals surface area contributed by atoms with Gasteiger partial charge in [0.05, 0.1) is 6.61 Å². The lowest BCUT2D eigenvalue weighted by Gasteiger charge is -2.19. The third-order valence-electron chi connectivity index (χ3n) is 1.77. The number of ether oxygens (including phenoxy) is 3. The molecule has 0 aliphatic rings. The molecule has 0 aromatic heterocycles. The van der Waals surface area contributed by atoms with E-state index in [4.69, 9.17) is 14.2 Å². The van der Waals surface area contributed by atoms with E-state index in [0.29, 0.717) is 19.6 Å². The minimum Gasteiger partial charge on any atom is -0.460 e. The zero-order chi connectivity index (χ0) is 14.0. The topological polar surface area (TPSA) is 73.9 Å². The molecule has 1 N–H and O–H groups in total. The SMILES string of the molecule is COCCOC(=O)NCCCC(=O)OC(C)(C)C. The molecule has 18 heavy (non-hydrogen) atoms. The molecule has 0 saturated carbocycles. The van der Waals surface area contributed by atoms with Crippen LogP contribution in [0, 0.1) is 0 Å². The second-order valence-corrected chi connectivity index (χ2v) is 4.75. The number of esters is 1. The predicted octanol–water partition coefficient (Wildman–Crippen LogP) is 1.48. The highest BCUT2D eigenvalue weighted by molar-refractivity contribution is 5.70. The molecule has 0 aromatic carbocycles. The Kier molecular flexibility index (Phi) is 8.11. The van der Waals surface area contributed by atoms with Gasteiger partial charge in [0.2, 0.25) is 0 Å². The van der Waals surface area contributed by atoms with Crippen molar-refractivity contribution in [2.24, 2.45) is 0 Å². The number of alkyl carbamates (subject to hydrolysis) is 1. The lowest BCUT2D eigenvalue weighted by molar-refractivity contribution is -0.154. The molecule has 0 aliphatic carbocycles. The molecule has 0 aromatic rings. The van der Waals surface area contributed by atoms with Gasteiger partial charge in [0.25, 0.3) is 0 Å². The zero-order valence-corrected chi connectivity index (χ0v) is 11.6. The molecule has 0 aliphatic heterocycles. The molecule has 0 saturated heterocycles. The van der Waals surface area contributed by atoms with Gasteiger partial charge in [0, 0.05) is 20.1 Å². The Balaban J connectivity index is 3.50. The van der Waals surface area contributed by atoms with Crippen molar-refractivity contribution in [1.82, 2.24) is 5.32 Å². The number of amides is 1. The summed E-state index contributed by atoms with van der Waals surface area (Å²) < 4.78 is 14.6. The van der Waals surface area contributed by atoms with Crippen LogP contribution in [0.15, 0.2) is 0 Å². The smallest absolute Gasteiger partial charge is 0.407 e. The van der Waals surface area contributed by atoms with E-state index in [1.54, 1.807) is 0 Å². The van der Waals surface area contributed by atoms with Crippen LogP contribution in [0.4, 0.5) is 4.79 Å². The van der Waals surface area contributed by atoms with Gasteiger partial charge in [0.15, 0.2) is 0 Å². The Morgan fingerprint density at radius 2 is 1.83 bits per heavy atom. The summed E-state index contributed by atoms with van der Waals surface area (Å²) >= 11 is 0. The maximum atomic E-state index is 11.3. The van der Waals surface area contributed by atoms with Crippen molar-refractivity contribution >= 4 is 12.1 Å². The quantitative estimate of drug-likeness (QED) is 0.555. The van der Waals surface area contributed by atoms with E-state index in [2.05, 4.69) is 5.32 Å². The number of methoxy groups -OCH3 is 1. The average Bonchev–Trinajstić information content (AvgIpc) is 2.22. The molecule has 0 heterocycles. The molecule has 0 atom stereocenters. The monoisotopic (exact) mass is 261 g/mol. The molecule has 6 nitrogen and oxygen atoms in total. The highest BCUT2D eigenvalue weighted by Gasteiger charge is 2.15. The number of carbonyl (C=O) groups excluding carboxylic acids is 2. The van der Waals surface area contributed by atoms with Crippen LogP contribution >= 0.6 is 0 Å². The zero-order valence-electron chi connectivity index (χ0n) is 11.6. The predicted molar refractivity (Wildman–Crippen MR) is 66.3 cm³/mol. The molecule has 0 unspecified atom stereocenters. The van der Waals surface area contributed by atoms with Gasteiger partial charge in [-0.2, -0.15) is 0 Å². The second-order valence-electron chi connectivity index (χ2n) is 4.75. The van der Waals surface area contributed by atoms with Gasteiger partial charge < -0.3 is 19.5 Å². The van der Waals surface area contributed by atoms with E-state index in [1.807, 2.05) is 20.8 Å². The Morgan fingerprint density at radius 3 is 2.39 bits per heavy atom. The van der Waals surface area contributed by atoms with Crippen molar-refractivity contribution in [3.05, 3.63) is 0 Å². The first kappa shape index (κ1) is 16.7. The lowest BCUT2D eigenvalue weighted by atomic mass is 10.2. The number of hydrogen-bond acceptors (Lipinski definition) is 5. The fraction of sp³-hybridized carbons (Fsp3) is 0.833. The largest absolute Gasteiger partial charge is 0.460 e. The molecule has 6 heteroatoms. The van der Waals surface area contributed by atoms with E-state index < -0.39 is 11.7 Å². The van der Waals surface area contributed by atoms with Crippen molar-refractivity contribution in [3.8, 4) is 0 Å². The number of carbonyl (C=O) groups is 2. The van der Waals surface area contributed by atoms with Crippen LogP contribution in [0.2, 0.25) is 0 Å². The Labute approximate surface area is 108 Å². The van der Waals surface area contributed by atoms with Crippen LogP contribution < -0.4 is 5.32 Å². The van der Waals surface area contributed by atoms with Crippen LogP contribution in [0.25, 0.3) is 0 Å². The fourth-order valence-electron chi connectivity index (χ4n) is 1.08. The van der Waals surface area contributed by atoms with Crippen LogP contribution in [0.3, 0.4) is 0 Å². The van der Waals surface area contributed by atoms with Gasteiger partial charge in [-0.25, -0.2) is 4.79 Å². The normalized spacial score (nSPS) is 10.9. The molecular weight excluding hydrogens is 238 g/mol. The molecule has 0 spiro atoms. The average molecular weight is 261 g/mol. The molecular formula is C12H23NO5. The summed E-state index contributed by atoms with van der Waals surface area (Å²) in [6, 6.07) is 0. The van der Waals surface area contributed by atoms with Gasteiger partial charge in [-0.15, -0.1) is 0 Å². The highest BCUT2D eigenvalue weighted by atomic mass is 16.6. The summed E-state index contributed by atoms with van der Waals surface area (Å²) in [7, 11) is 1.53. The third kappa shape index (κ3) is 11.2. The van der Waals surface area contributed by atoms with E-state index in [0.717, 1.165) is 0 Å². The fourth-order valence-corrected chi connectivity index (χ4v) is 1.08. The maximum absolute atomic E-state index is 11.3. The minimum absolute atomic E-state index is 0.217. The Bertz CT molecular complexity index is 260. The van der Waals surface area contributed by atoms with E-state index in [1.165, 1.54) is 7.11 Å². The van der Waals surface area contributed by atoms with Crippen molar-refractivity contribution in [2.45, 2.75) is 39.2 Å². The first-order valence-electron chi connectivity index (χ1n) is 5.96. The first-order valence-corrected chi connectivity index (χ1v) is 5.96. The van der Waals surface area contributed by atoms with Crippen LogP contribution in [-0.2, 0) is 19.0 Å². The van der Waals surface area contributed by atoms with Gasteiger partial charge in [-0.3, -0.25) is 4.79 Å². The Hall–Kier alpha value is -1.30.